The van der Waals surface area contributed by atoms with Gasteiger partial charge in [-0.15, -0.1) is 0 Å². The van der Waals surface area contributed by atoms with Crippen LogP contribution in [0.5, 0.6) is 11.5 Å². The van der Waals surface area contributed by atoms with Crippen LogP contribution >= 0.6 is 0 Å². The summed E-state index contributed by atoms with van der Waals surface area (Å²) in [7, 11) is 4.08. The lowest BCUT2D eigenvalue weighted by atomic mass is 9.73. The number of ketones is 1. The van der Waals surface area contributed by atoms with E-state index in [1.54, 1.807) is 0 Å². The van der Waals surface area contributed by atoms with E-state index in [1.807, 2.05) is 118 Å². The van der Waals surface area contributed by atoms with Crippen LogP contribution in [0.25, 0.3) is 5.57 Å². The van der Waals surface area contributed by atoms with Crippen molar-refractivity contribution in [3.05, 3.63) is 122 Å². The largest absolute Gasteiger partial charge is 0.506 e. The fourth-order valence-electron chi connectivity index (χ4n) is 10.0. The molecule has 4 aliphatic rings. The minimum absolute atomic E-state index is 0.110. The summed E-state index contributed by atoms with van der Waals surface area (Å²) >= 11 is 0. The standard InChI is InChI=1S/C58H74N4O6/c1-33-19-21-35(3)47(27-33)67-25-17-23-55(7,8)53(65)59-43-31-45-41(57(11,12)37(5)61(45)15)29-39(43)49-51(63)50(52(49)64)40-30-42-46(62(16)38(6)58(42,13)14)32-44(40)60-54(66)56(9,10)24-18-26-68-48-28-34(2)20-22-36(48)4/h19-22,27-32,37-38,63H,17-18,23-26H2,1-16H3,(H,59,65). The van der Waals surface area contributed by atoms with Crippen LogP contribution < -0.4 is 19.7 Å². The van der Waals surface area contributed by atoms with Gasteiger partial charge in [0.2, 0.25) is 11.7 Å². The van der Waals surface area contributed by atoms with Crippen molar-refractivity contribution in [1.29, 1.82) is 0 Å². The molecule has 68 heavy (non-hydrogen) atoms. The van der Waals surface area contributed by atoms with E-state index in [4.69, 9.17) is 14.5 Å². The van der Waals surface area contributed by atoms with E-state index in [0.29, 0.717) is 61.4 Å². The van der Waals surface area contributed by atoms with E-state index in [1.165, 1.54) is 0 Å². The van der Waals surface area contributed by atoms with Crippen molar-refractivity contribution in [3.8, 4) is 11.5 Å². The number of aliphatic hydroxyl groups excluding tert-OH is 1. The summed E-state index contributed by atoms with van der Waals surface area (Å²) < 4.78 is 12.3. The van der Waals surface area contributed by atoms with Gasteiger partial charge in [0.05, 0.1) is 35.8 Å². The minimum atomic E-state index is -0.841. The molecular formula is C58H74N4O6. The van der Waals surface area contributed by atoms with Gasteiger partial charge in [-0.1, -0.05) is 79.7 Å². The summed E-state index contributed by atoms with van der Waals surface area (Å²) in [4.78, 5) is 52.7. The number of hydrogen-bond acceptors (Lipinski definition) is 8. The second-order valence-corrected chi connectivity index (χ2v) is 22.3. The summed E-state index contributed by atoms with van der Waals surface area (Å²) in [6.07, 6.45) is 6.23. The predicted octanol–water partition coefficient (Wildman–Crippen LogP) is 12.0. The van der Waals surface area contributed by atoms with Crippen molar-refractivity contribution in [3.63, 3.8) is 0 Å². The Morgan fingerprint density at radius 1 is 0.750 bits per heavy atom. The number of ether oxygens (including phenoxy) is 2. The first-order valence-corrected chi connectivity index (χ1v) is 24.4. The molecule has 0 radical (unpaired) electrons. The molecule has 1 saturated heterocycles. The zero-order valence-corrected chi connectivity index (χ0v) is 43.5. The number of likely N-dealkylation sites (tertiary alicyclic amines) is 1. The quantitative estimate of drug-likeness (QED) is 0.121. The Morgan fingerprint density at radius 2 is 1.29 bits per heavy atom. The molecule has 2 atom stereocenters. The molecule has 0 aromatic heterocycles. The monoisotopic (exact) mass is 923 g/mol. The first-order valence-electron chi connectivity index (χ1n) is 24.4. The first kappa shape index (κ1) is 50.0. The van der Waals surface area contributed by atoms with Crippen molar-refractivity contribution >= 4 is 40.3 Å². The molecule has 2 aliphatic heterocycles. The van der Waals surface area contributed by atoms with Crippen molar-refractivity contribution in [2.75, 3.05) is 37.5 Å². The van der Waals surface area contributed by atoms with Gasteiger partial charge in [0.25, 0.3) is 5.91 Å². The first-order chi connectivity index (χ1) is 31.7. The van der Waals surface area contributed by atoms with Crippen LogP contribution in [0, 0.1) is 43.9 Å². The number of Topliss-reactive ketones (excluding diaryl/α,β-unsaturated/α-hetero) is 1. The number of carbonyl (C=O) groups excluding carboxylic acids is 3. The number of benzene rings is 3. The van der Waals surface area contributed by atoms with E-state index in [0.717, 1.165) is 56.3 Å². The molecule has 2 amide bonds. The van der Waals surface area contributed by atoms with Gasteiger partial charge < -0.3 is 29.7 Å². The Bertz CT molecular complexity index is 2740. The lowest BCUT2D eigenvalue weighted by Gasteiger charge is -2.30. The maximum Gasteiger partial charge on any atom is 0.251 e. The highest BCUT2D eigenvalue weighted by atomic mass is 16.5. The molecule has 0 bridgehead atoms. The van der Waals surface area contributed by atoms with Gasteiger partial charge in [0.15, 0.2) is 0 Å². The second-order valence-electron chi connectivity index (χ2n) is 22.3. The maximum absolute atomic E-state index is 15.0. The number of anilines is 2. The fraction of sp³-hybridized carbons (Fsp3) is 0.483. The summed E-state index contributed by atoms with van der Waals surface area (Å²) in [6, 6.07) is 16.4. The number of rotatable bonds is 14. The average molecular weight is 923 g/mol. The number of aryl methyl sites for hydroxylation is 4. The summed E-state index contributed by atoms with van der Waals surface area (Å²) in [6.45, 7) is 29.7. The molecule has 2 heterocycles. The number of aliphatic imine (C=N–C) groups is 1. The number of nitrogens with one attached hydrogen (secondary N) is 1. The number of aliphatic hydroxyl groups is 1. The van der Waals surface area contributed by atoms with Crippen molar-refractivity contribution < 1.29 is 29.0 Å². The van der Waals surface area contributed by atoms with Crippen molar-refractivity contribution in [2.24, 2.45) is 21.2 Å². The Hall–Kier alpha value is -5.90. The highest BCUT2D eigenvalue weighted by Crippen LogP contribution is 2.52. The zero-order chi connectivity index (χ0) is 50.0. The normalized spacial score (nSPS) is 21.4. The number of amides is 2. The molecule has 3 aromatic rings. The molecule has 10 heteroatoms. The lowest BCUT2D eigenvalue weighted by Crippen LogP contribution is -2.36. The van der Waals surface area contributed by atoms with Crippen LogP contribution in [0.15, 0.2) is 93.9 Å². The summed E-state index contributed by atoms with van der Waals surface area (Å²) in [5.74, 6) is 0.604. The Kier molecular flexibility index (Phi) is 13.4. The third-order valence-corrected chi connectivity index (χ3v) is 15.9. The van der Waals surface area contributed by atoms with Gasteiger partial charge in [-0.05, 0) is 137 Å². The van der Waals surface area contributed by atoms with Crippen LogP contribution in [0.1, 0.15) is 128 Å². The van der Waals surface area contributed by atoms with E-state index < -0.39 is 10.8 Å². The van der Waals surface area contributed by atoms with E-state index >= 15 is 0 Å². The van der Waals surface area contributed by atoms with Crippen LogP contribution in [0.3, 0.4) is 0 Å². The smallest absolute Gasteiger partial charge is 0.251 e. The Morgan fingerprint density at radius 3 is 1.85 bits per heavy atom. The summed E-state index contributed by atoms with van der Waals surface area (Å²) in [5.41, 5.74) is 7.93. The van der Waals surface area contributed by atoms with E-state index in [2.05, 4.69) is 68.8 Å². The van der Waals surface area contributed by atoms with Crippen LogP contribution in [-0.4, -0.2) is 72.7 Å². The topological polar surface area (TPSA) is 121 Å². The Labute approximate surface area is 405 Å². The van der Waals surface area contributed by atoms with E-state index in [9.17, 15) is 19.5 Å². The third kappa shape index (κ3) is 9.07. The highest BCUT2D eigenvalue weighted by Gasteiger charge is 2.48. The van der Waals surface area contributed by atoms with Gasteiger partial charge in [-0.25, -0.2) is 4.99 Å². The average Bonchev–Trinajstić information content (AvgIpc) is 3.54. The predicted molar refractivity (Wildman–Crippen MR) is 276 cm³/mol. The molecule has 1 fully saturated rings. The molecule has 2 N–H and O–H groups in total. The molecule has 2 aliphatic carbocycles. The van der Waals surface area contributed by atoms with Gasteiger partial charge in [-0.2, -0.15) is 0 Å². The molecule has 3 aromatic carbocycles. The third-order valence-electron chi connectivity index (χ3n) is 15.9. The van der Waals surface area contributed by atoms with Gasteiger partial charge in [-0.3, -0.25) is 14.4 Å². The molecule has 7 rings (SSSR count). The number of allylic oxidation sites excluding steroid dienone is 6. The van der Waals surface area contributed by atoms with Crippen molar-refractivity contribution in [1.82, 2.24) is 4.90 Å². The number of likely N-dealkylation sites (N-methyl/N-ethyl adjacent to an activating group) is 2. The number of carbonyl (C=O) groups is 3. The fourth-order valence-corrected chi connectivity index (χ4v) is 10.0. The molecular weight excluding hydrogens is 849 g/mol. The minimum Gasteiger partial charge on any atom is -0.506 e. The van der Waals surface area contributed by atoms with Gasteiger partial charge >= 0.3 is 0 Å². The van der Waals surface area contributed by atoms with Gasteiger partial charge in [0, 0.05) is 70.4 Å². The maximum atomic E-state index is 15.0. The number of fused-ring (bicyclic) bond motifs is 2. The van der Waals surface area contributed by atoms with E-state index in [-0.39, 0.29) is 57.4 Å². The Balaban J connectivity index is 1.23. The SMILES string of the molecule is Cc1ccc(C)c(OCCCC(C)(C)C(=O)N=C2C=C3C(=CC2=C2C(=O)C(c4cc5c(cc4NC(=O)C(C)(C)CCCOc4cc(C)ccc4C)N(C)C(C)C5(C)C)=C2O)C(C)(C)C(C)N3C)c1. The second kappa shape index (κ2) is 18.2. The molecule has 362 valence electrons. The highest BCUT2D eigenvalue weighted by molar-refractivity contribution is 6.42. The number of hydrogen-bond donors (Lipinski definition) is 2. The van der Waals surface area contributed by atoms with Crippen LogP contribution in [0.2, 0.25) is 0 Å². The van der Waals surface area contributed by atoms with Gasteiger partial charge in [0.1, 0.15) is 17.3 Å². The molecule has 10 nitrogen and oxygen atoms in total. The lowest BCUT2D eigenvalue weighted by molar-refractivity contribution is -0.126. The van der Waals surface area contributed by atoms with Crippen LogP contribution in [0.4, 0.5) is 11.4 Å². The molecule has 0 spiro atoms. The molecule has 2 unspecified atom stereocenters. The summed E-state index contributed by atoms with van der Waals surface area (Å²) in [5, 5.41) is 15.5. The zero-order valence-electron chi connectivity index (χ0n) is 43.5. The van der Waals surface area contributed by atoms with Crippen molar-refractivity contribution in [2.45, 2.75) is 140 Å². The molecule has 0 saturated carbocycles. The van der Waals surface area contributed by atoms with Crippen LogP contribution in [-0.2, 0) is 19.8 Å². The number of nitrogens with zero attached hydrogens (tertiary/aromatic N) is 3.